The van der Waals surface area contributed by atoms with Gasteiger partial charge in [0.15, 0.2) is 15.6 Å². The Labute approximate surface area is 121 Å². The molecular formula is C16H22O3S. The summed E-state index contributed by atoms with van der Waals surface area (Å²) in [5.41, 5.74) is 1.93. The van der Waals surface area contributed by atoms with Gasteiger partial charge in [-0.3, -0.25) is 4.79 Å². The number of carbonyl (C=O) groups excluding carboxylic acids is 1. The van der Waals surface area contributed by atoms with Gasteiger partial charge in [-0.1, -0.05) is 45.0 Å². The maximum absolute atomic E-state index is 12.3. The quantitative estimate of drug-likeness (QED) is 0.802. The van der Waals surface area contributed by atoms with Crippen LogP contribution >= 0.6 is 0 Å². The van der Waals surface area contributed by atoms with Crippen molar-refractivity contribution in [1.29, 1.82) is 0 Å². The highest BCUT2D eigenvalue weighted by molar-refractivity contribution is 7.91. The summed E-state index contributed by atoms with van der Waals surface area (Å²) in [4.78, 5) is 12.3. The van der Waals surface area contributed by atoms with Crippen LogP contribution in [-0.2, 0) is 15.3 Å². The minimum atomic E-state index is -3.00. The van der Waals surface area contributed by atoms with Gasteiger partial charge >= 0.3 is 0 Å². The van der Waals surface area contributed by atoms with Crippen LogP contribution in [0.25, 0.3) is 0 Å². The van der Waals surface area contributed by atoms with Gasteiger partial charge in [-0.2, -0.15) is 0 Å². The molecule has 1 saturated heterocycles. The van der Waals surface area contributed by atoms with Crippen molar-refractivity contribution in [3.63, 3.8) is 0 Å². The molecule has 0 amide bonds. The zero-order valence-corrected chi connectivity index (χ0v) is 13.2. The van der Waals surface area contributed by atoms with Gasteiger partial charge in [-0.05, 0) is 23.8 Å². The lowest BCUT2D eigenvalue weighted by Crippen LogP contribution is -2.18. The smallest absolute Gasteiger partial charge is 0.166 e. The van der Waals surface area contributed by atoms with E-state index in [0.29, 0.717) is 12.0 Å². The molecule has 3 nitrogen and oxygen atoms in total. The zero-order valence-electron chi connectivity index (χ0n) is 12.3. The van der Waals surface area contributed by atoms with Crippen LogP contribution in [0.15, 0.2) is 24.3 Å². The van der Waals surface area contributed by atoms with E-state index in [2.05, 4.69) is 20.8 Å². The first-order valence-electron chi connectivity index (χ1n) is 7.10. The van der Waals surface area contributed by atoms with E-state index in [1.54, 1.807) is 0 Å². The van der Waals surface area contributed by atoms with Gasteiger partial charge in [0.2, 0.25) is 0 Å². The van der Waals surface area contributed by atoms with E-state index in [-0.39, 0.29) is 28.6 Å². The van der Waals surface area contributed by atoms with Crippen LogP contribution < -0.4 is 0 Å². The molecule has 0 aromatic heterocycles. The Bertz CT molecular complexity index is 597. The summed E-state index contributed by atoms with van der Waals surface area (Å²) in [6.45, 7) is 6.49. The number of sulfone groups is 1. The van der Waals surface area contributed by atoms with Gasteiger partial charge < -0.3 is 0 Å². The maximum Gasteiger partial charge on any atom is 0.166 e. The molecule has 0 saturated carbocycles. The summed E-state index contributed by atoms with van der Waals surface area (Å²) in [5.74, 6) is -0.241. The summed E-state index contributed by atoms with van der Waals surface area (Å²) in [6, 6.07) is 7.64. The van der Waals surface area contributed by atoms with Gasteiger partial charge in [0, 0.05) is 11.5 Å². The lowest BCUT2D eigenvalue weighted by Gasteiger charge is -2.23. The fraction of sp³-hybridized carbons (Fsp3) is 0.562. The molecular weight excluding hydrogens is 272 g/mol. The Morgan fingerprint density at radius 2 is 1.85 bits per heavy atom. The molecule has 0 bridgehead atoms. The highest BCUT2D eigenvalue weighted by Gasteiger charge is 2.33. The summed E-state index contributed by atoms with van der Waals surface area (Å²) in [6.07, 6.45) is 1.49. The SMILES string of the molecule is CCC(C)(C)c1ccc(C(=O)C2CCS(=O)(=O)C2)cc1. The van der Waals surface area contributed by atoms with E-state index in [0.717, 1.165) is 6.42 Å². The second-order valence-electron chi connectivity index (χ2n) is 6.28. The number of hydrogen-bond donors (Lipinski definition) is 0. The van der Waals surface area contributed by atoms with Gasteiger partial charge in [0.25, 0.3) is 0 Å². The summed E-state index contributed by atoms with van der Waals surface area (Å²) in [7, 11) is -3.00. The van der Waals surface area contributed by atoms with Crippen molar-refractivity contribution < 1.29 is 13.2 Å². The highest BCUT2D eigenvalue weighted by Crippen LogP contribution is 2.28. The minimum absolute atomic E-state index is 0.00797. The molecule has 1 aromatic carbocycles. The molecule has 20 heavy (non-hydrogen) atoms. The first kappa shape index (κ1) is 15.2. The van der Waals surface area contributed by atoms with Crippen molar-refractivity contribution in [2.75, 3.05) is 11.5 Å². The van der Waals surface area contributed by atoms with Crippen LogP contribution in [0.4, 0.5) is 0 Å². The summed E-state index contributed by atoms with van der Waals surface area (Å²) in [5, 5.41) is 0. The fourth-order valence-electron chi connectivity index (χ4n) is 2.53. The monoisotopic (exact) mass is 294 g/mol. The molecule has 1 heterocycles. The first-order chi connectivity index (χ1) is 9.25. The average molecular weight is 294 g/mol. The lowest BCUT2D eigenvalue weighted by molar-refractivity contribution is 0.0933. The van der Waals surface area contributed by atoms with Crippen LogP contribution in [0.2, 0.25) is 0 Å². The first-order valence-corrected chi connectivity index (χ1v) is 8.92. The third-order valence-electron chi connectivity index (χ3n) is 4.44. The number of benzene rings is 1. The number of rotatable bonds is 4. The Hall–Kier alpha value is -1.16. The average Bonchev–Trinajstić information content (AvgIpc) is 2.78. The van der Waals surface area contributed by atoms with Gasteiger partial charge in [-0.15, -0.1) is 0 Å². The number of hydrogen-bond acceptors (Lipinski definition) is 3. The largest absolute Gasteiger partial charge is 0.294 e. The van der Waals surface area contributed by atoms with Gasteiger partial charge in [0.05, 0.1) is 11.5 Å². The lowest BCUT2D eigenvalue weighted by atomic mass is 9.81. The zero-order chi connectivity index (χ0) is 15.0. The van der Waals surface area contributed by atoms with E-state index in [9.17, 15) is 13.2 Å². The second-order valence-corrected chi connectivity index (χ2v) is 8.51. The van der Waals surface area contributed by atoms with E-state index in [1.807, 2.05) is 24.3 Å². The van der Waals surface area contributed by atoms with Crippen LogP contribution in [-0.4, -0.2) is 25.7 Å². The van der Waals surface area contributed by atoms with Crippen molar-refractivity contribution in [2.45, 2.75) is 39.0 Å². The van der Waals surface area contributed by atoms with Crippen molar-refractivity contribution in [2.24, 2.45) is 5.92 Å². The summed E-state index contributed by atoms with van der Waals surface area (Å²) < 4.78 is 22.9. The third kappa shape index (κ3) is 3.11. The molecule has 1 unspecified atom stereocenters. The van der Waals surface area contributed by atoms with E-state index < -0.39 is 9.84 Å². The van der Waals surface area contributed by atoms with Crippen LogP contribution in [0.1, 0.15) is 49.5 Å². The number of Topliss-reactive ketones (excluding diaryl/α,β-unsaturated/α-hetero) is 1. The topological polar surface area (TPSA) is 51.2 Å². The Morgan fingerprint density at radius 1 is 1.25 bits per heavy atom. The molecule has 1 atom stereocenters. The van der Waals surface area contributed by atoms with E-state index in [4.69, 9.17) is 0 Å². The maximum atomic E-state index is 12.3. The predicted octanol–water partition coefficient (Wildman–Crippen LogP) is 2.99. The molecule has 1 aliphatic heterocycles. The fourth-order valence-corrected chi connectivity index (χ4v) is 4.27. The molecule has 0 aliphatic carbocycles. The van der Waals surface area contributed by atoms with Crippen molar-refractivity contribution in [3.05, 3.63) is 35.4 Å². The molecule has 1 aliphatic rings. The third-order valence-corrected chi connectivity index (χ3v) is 6.21. The molecule has 110 valence electrons. The number of carbonyl (C=O) groups is 1. The molecule has 1 aromatic rings. The van der Waals surface area contributed by atoms with Crippen LogP contribution in [0.5, 0.6) is 0 Å². The van der Waals surface area contributed by atoms with Gasteiger partial charge in [0.1, 0.15) is 0 Å². The van der Waals surface area contributed by atoms with Crippen LogP contribution in [0, 0.1) is 5.92 Å². The van der Waals surface area contributed by atoms with E-state index in [1.165, 1.54) is 5.56 Å². The summed E-state index contributed by atoms with van der Waals surface area (Å²) >= 11 is 0. The molecule has 0 spiro atoms. The molecule has 1 fully saturated rings. The molecule has 0 radical (unpaired) electrons. The van der Waals surface area contributed by atoms with Gasteiger partial charge in [-0.25, -0.2) is 8.42 Å². The van der Waals surface area contributed by atoms with Crippen LogP contribution in [0.3, 0.4) is 0 Å². The normalized spacial score (nSPS) is 21.9. The van der Waals surface area contributed by atoms with Crippen molar-refractivity contribution in [1.82, 2.24) is 0 Å². The Balaban J connectivity index is 2.17. The number of ketones is 1. The second kappa shape index (κ2) is 5.32. The molecule has 0 N–H and O–H groups in total. The molecule has 2 rings (SSSR count). The van der Waals surface area contributed by atoms with Crippen molar-refractivity contribution in [3.8, 4) is 0 Å². The van der Waals surface area contributed by atoms with E-state index >= 15 is 0 Å². The predicted molar refractivity (Wildman–Crippen MR) is 80.9 cm³/mol. The minimum Gasteiger partial charge on any atom is -0.294 e. The standard InChI is InChI=1S/C16H22O3S/c1-4-16(2,3)14-7-5-12(6-8-14)15(17)13-9-10-20(18,19)11-13/h5-8,13H,4,9-11H2,1-3H3. The highest BCUT2D eigenvalue weighted by atomic mass is 32.2. The Morgan fingerprint density at radius 3 is 2.30 bits per heavy atom. The Kier molecular flexibility index (Phi) is 4.05. The van der Waals surface area contributed by atoms with Crippen molar-refractivity contribution >= 4 is 15.6 Å². The molecule has 4 heteroatoms.